The Bertz CT molecular complexity index is 1170. The van der Waals surface area contributed by atoms with Gasteiger partial charge < -0.3 is 10.1 Å². The van der Waals surface area contributed by atoms with Crippen molar-refractivity contribution in [2.24, 2.45) is 0 Å². The molecule has 0 fully saturated rings. The van der Waals surface area contributed by atoms with E-state index in [2.05, 4.69) is 5.32 Å². The maximum Gasteiger partial charge on any atom is 0.261 e. The van der Waals surface area contributed by atoms with Crippen LogP contribution in [0.2, 0.25) is 0 Å². The molecule has 1 N–H and O–H groups in total. The fraction of sp³-hybridized carbons (Fsp3) is 0.192. The third kappa shape index (κ3) is 4.25. The van der Waals surface area contributed by atoms with Gasteiger partial charge in [-0.05, 0) is 66.9 Å². The van der Waals surface area contributed by atoms with Crippen molar-refractivity contribution in [1.82, 2.24) is 4.90 Å². The highest BCUT2D eigenvalue weighted by Gasteiger charge is 2.35. The highest BCUT2D eigenvalue weighted by molar-refractivity contribution is 6.21. The van der Waals surface area contributed by atoms with Crippen LogP contribution in [0.1, 0.15) is 55.5 Å². The van der Waals surface area contributed by atoms with Crippen LogP contribution < -0.4 is 10.1 Å². The molecule has 3 amide bonds. The largest absolute Gasteiger partial charge is 0.494 e. The monoisotopic (exact) mass is 428 g/mol. The number of imide groups is 1. The van der Waals surface area contributed by atoms with Gasteiger partial charge in [0.2, 0.25) is 0 Å². The van der Waals surface area contributed by atoms with Gasteiger partial charge in [0.25, 0.3) is 17.7 Å². The smallest absolute Gasteiger partial charge is 0.261 e. The number of benzene rings is 3. The number of anilines is 1. The van der Waals surface area contributed by atoms with E-state index in [-0.39, 0.29) is 24.3 Å². The Morgan fingerprint density at radius 2 is 1.66 bits per heavy atom. The zero-order valence-corrected chi connectivity index (χ0v) is 18.1. The molecule has 6 nitrogen and oxygen atoms in total. The molecule has 0 unspecified atom stereocenters. The van der Waals surface area contributed by atoms with Gasteiger partial charge in [-0.2, -0.15) is 0 Å². The van der Waals surface area contributed by atoms with Crippen LogP contribution in [0, 0.1) is 6.92 Å². The van der Waals surface area contributed by atoms with Gasteiger partial charge in [-0.25, -0.2) is 0 Å². The first-order valence-electron chi connectivity index (χ1n) is 10.6. The number of ether oxygens (including phenoxy) is 1. The van der Waals surface area contributed by atoms with Gasteiger partial charge in [0.05, 0.1) is 24.3 Å². The van der Waals surface area contributed by atoms with Gasteiger partial charge in [-0.3, -0.25) is 19.3 Å². The number of nitrogens with zero attached hydrogens (tertiary/aromatic N) is 1. The van der Waals surface area contributed by atoms with Crippen molar-refractivity contribution in [2.75, 3.05) is 11.9 Å². The molecule has 162 valence electrons. The van der Waals surface area contributed by atoms with Gasteiger partial charge in [0.15, 0.2) is 0 Å². The van der Waals surface area contributed by atoms with Gasteiger partial charge in [0, 0.05) is 11.3 Å². The van der Waals surface area contributed by atoms with Crippen LogP contribution in [-0.4, -0.2) is 29.2 Å². The minimum atomic E-state index is -0.318. The lowest BCUT2D eigenvalue weighted by molar-refractivity contribution is 0.0642. The highest BCUT2D eigenvalue weighted by atomic mass is 16.5. The van der Waals surface area contributed by atoms with Crippen LogP contribution in [0.4, 0.5) is 5.69 Å². The molecular weight excluding hydrogens is 404 g/mol. The van der Waals surface area contributed by atoms with E-state index < -0.39 is 0 Å². The molecule has 1 aliphatic rings. The normalized spacial score (nSPS) is 12.6. The summed E-state index contributed by atoms with van der Waals surface area (Å²) in [7, 11) is 0. The van der Waals surface area contributed by atoms with E-state index >= 15 is 0 Å². The minimum absolute atomic E-state index is 0.107. The molecule has 0 saturated heterocycles. The standard InChI is InChI=1S/C26H24N2O4/c1-3-13-32-20-11-12-23(17(2)14-20)27-24(29)19-8-6-7-18(15-19)16-28-25(30)21-9-4-5-10-22(21)26(28)31/h4-12,14-15H,3,13,16H2,1-2H3,(H,27,29). The lowest BCUT2D eigenvalue weighted by atomic mass is 10.1. The van der Waals surface area contributed by atoms with Crippen molar-refractivity contribution in [2.45, 2.75) is 26.8 Å². The van der Waals surface area contributed by atoms with Crippen LogP contribution in [0.15, 0.2) is 66.7 Å². The average molecular weight is 428 g/mol. The predicted molar refractivity (Wildman–Crippen MR) is 122 cm³/mol. The zero-order chi connectivity index (χ0) is 22.7. The van der Waals surface area contributed by atoms with E-state index in [9.17, 15) is 14.4 Å². The molecule has 0 bridgehead atoms. The average Bonchev–Trinajstić information content (AvgIpc) is 3.04. The molecular formula is C26H24N2O4. The number of fused-ring (bicyclic) bond motifs is 1. The first kappa shape index (κ1) is 21.3. The van der Waals surface area contributed by atoms with Crippen molar-refractivity contribution in [3.63, 3.8) is 0 Å². The zero-order valence-electron chi connectivity index (χ0n) is 18.1. The van der Waals surface area contributed by atoms with Crippen molar-refractivity contribution >= 4 is 23.4 Å². The number of hydrogen-bond donors (Lipinski definition) is 1. The lowest BCUT2D eigenvalue weighted by Gasteiger charge is -2.15. The second-order valence-electron chi connectivity index (χ2n) is 7.72. The van der Waals surface area contributed by atoms with E-state index in [1.54, 1.807) is 48.5 Å². The highest BCUT2D eigenvalue weighted by Crippen LogP contribution is 2.25. The number of carbonyl (C=O) groups is 3. The first-order valence-corrected chi connectivity index (χ1v) is 10.6. The number of hydrogen-bond acceptors (Lipinski definition) is 4. The topological polar surface area (TPSA) is 75.7 Å². The second kappa shape index (κ2) is 9.06. The fourth-order valence-electron chi connectivity index (χ4n) is 3.66. The Kier molecular flexibility index (Phi) is 6.03. The van der Waals surface area contributed by atoms with E-state index in [4.69, 9.17) is 4.74 Å². The van der Waals surface area contributed by atoms with Gasteiger partial charge in [0.1, 0.15) is 5.75 Å². The number of aryl methyl sites for hydroxylation is 1. The summed E-state index contributed by atoms with van der Waals surface area (Å²) in [5, 5.41) is 2.92. The van der Waals surface area contributed by atoms with E-state index in [0.717, 1.165) is 17.7 Å². The number of amides is 3. The molecule has 0 aliphatic carbocycles. The summed E-state index contributed by atoms with van der Waals surface area (Å²) in [6, 6.07) is 19.3. The SMILES string of the molecule is CCCOc1ccc(NC(=O)c2cccc(CN3C(=O)c4ccccc4C3=O)c2)c(C)c1. The van der Waals surface area contributed by atoms with Gasteiger partial charge in [-0.15, -0.1) is 0 Å². The van der Waals surface area contributed by atoms with Crippen molar-refractivity contribution in [3.05, 3.63) is 94.5 Å². The quantitative estimate of drug-likeness (QED) is 0.547. The molecule has 0 saturated carbocycles. The summed E-state index contributed by atoms with van der Waals surface area (Å²) in [5.41, 5.74) is 3.57. The Morgan fingerprint density at radius 1 is 0.938 bits per heavy atom. The maximum atomic E-state index is 12.8. The second-order valence-corrected chi connectivity index (χ2v) is 7.72. The lowest BCUT2D eigenvalue weighted by Crippen LogP contribution is -2.29. The summed E-state index contributed by atoms with van der Waals surface area (Å²) < 4.78 is 5.63. The molecule has 1 heterocycles. The van der Waals surface area contributed by atoms with Crippen molar-refractivity contribution in [3.8, 4) is 5.75 Å². The van der Waals surface area contributed by atoms with Gasteiger partial charge >= 0.3 is 0 Å². The van der Waals surface area contributed by atoms with E-state index in [1.807, 2.05) is 32.0 Å². The summed E-state index contributed by atoms with van der Waals surface area (Å²) in [6.45, 7) is 4.71. The predicted octanol–water partition coefficient (Wildman–Crippen LogP) is 4.83. The Hall–Kier alpha value is -3.93. The number of nitrogens with one attached hydrogen (secondary N) is 1. The third-order valence-electron chi connectivity index (χ3n) is 5.33. The molecule has 3 aromatic rings. The minimum Gasteiger partial charge on any atom is -0.494 e. The molecule has 6 heteroatoms. The van der Waals surface area contributed by atoms with Crippen LogP contribution >= 0.6 is 0 Å². The summed E-state index contributed by atoms with van der Waals surface area (Å²) >= 11 is 0. The summed E-state index contributed by atoms with van der Waals surface area (Å²) in [4.78, 5) is 39.3. The molecule has 0 radical (unpaired) electrons. The van der Waals surface area contributed by atoms with Crippen LogP contribution in [-0.2, 0) is 6.54 Å². The van der Waals surface area contributed by atoms with Crippen molar-refractivity contribution < 1.29 is 19.1 Å². The first-order chi connectivity index (χ1) is 15.5. The Labute approximate surface area is 186 Å². The fourth-order valence-corrected chi connectivity index (χ4v) is 3.66. The molecule has 3 aromatic carbocycles. The molecule has 32 heavy (non-hydrogen) atoms. The van der Waals surface area contributed by atoms with Crippen LogP contribution in [0.25, 0.3) is 0 Å². The molecule has 0 spiro atoms. The van der Waals surface area contributed by atoms with E-state index in [1.165, 1.54) is 4.90 Å². The van der Waals surface area contributed by atoms with Crippen LogP contribution in [0.5, 0.6) is 5.75 Å². The third-order valence-corrected chi connectivity index (χ3v) is 5.33. The number of rotatable bonds is 7. The summed E-state index contributed by atoms with van der Waals surface area (Å²) in [6.07, 6.45) is 0.925. The molecule has 1 aliphatic heterocycles. The molecule has 0 aromatic heterocycles. The molecule has 0 atom stereocenters. The van der Waals surface area contributed by atoms with Crippen molar-refractivity contribution in [1.29, 1.82) is 0 Å². The maximum absolute atomic E-state index is 12.8. The number of carbonyl (C=O) groups excluding carboxylic acids is 3. The van der Waals surface area contributed by atoms with Gasteiger partial charge in [-0.1, -0.05) is 31.2 Å². The Morgan fingerprint density at radius 3 is 2.31 bits per heavy atom. The van der Waals surface area contributed by atoms with Crippen LogP contribution in [0.3, 0.4) is 0 Å². The molecule has 4 rings (SSSR count). The summed E-state index contributed by atoms with van der Waals surface area (Å²) in [5.74, 6) is -0.132. The Balaban J connectivity index is 1.47. The van der Waals surface area contributed by atoms with E-state index in [0.29, 0.717) is 34.5 Å².